The van der Waals surface area contributed by atoms with Crippen molar-refractivity contribution in [2.75, 3.05) is 0 Å². The highest BCUT2D eigenvalue weighted by atomic mass is 16.3. The van der Waals surface area contributed by atoms with Crippen LogP contribution in [0.3, 0.4) is 0 Å². The zero-order chi connectivity index (χ0) is 11.5. The lowest BCUT2D eigenvalue weighted by atomic mass is 9.77. The Labute approximate surface area is 98.5 Å². The monoisotopic (exact) mass is 218 g/mol. The largest absolute Gasteiger partial charge is 0.393 e. The zero-order valence-electron chi connectivity index (χ0n) is 10.3. The number of rotatable bonds is 2. The van der Waals surface area contributed by atoms with Crippen LogP contribution in [0, 0.1) is 12.8 Å². The second kappa shape index (κ2) is 5.01. The van der Waals surface area contributed by atoms with Gasteiger partial charge in [-0.1, -0.05) is 29.8 Å². The first-order chi connectivity index (χ1) is 7.66. The highest BCUT2D eigenvalue weighted by Crippen LogP contribution is 2.36. The van der Waals surface area contributed by atoms with Crippen molar-refractivity contribution < 1.29 is 5.11 Å². The molecule has 88 valence electrons. The quantitative estimate of drug-likeness (QED) is 0.803. The molecule has 1 heteroatoms. The maximum atomic E-state index is 9.57. The van der Waals surface area contributed by atoms with E-state index in [4.69, 9.17) is 0 Å². The lowest BCUT2D eigenvalue weighted by molar-refractivity contribution is 0.0967. The molecule has 1 N–H and O–H groups in total. The zero-order valence-corrected chi connectivity index (χ0v) is 10.3. The van der Waals surface area contributed by atoms with Crippen LogP contribution in [0.15, 0.2) is 24.3 Å². The molecule has 1 aromatic carbocycles. The van der Waals surface area contributed by atoms with Crippen LogP contribution in [-0.2, 0) is 0 Å². The molecular weight excluding hydrogens is 196 g/mol. The molecule has 1 saturated carbocycles. The molecule has 0 aliphatic heterocycles. The summed E-state index contributed by atoms with van der Waals surface area (Å²) in [5.74, 6) is 1.25. The molecule has 1 aliphatic carbocycles. The van der Waals surface area contributed by atoms with E-state index in [1.807, 2.05) is 6.92 Å². The Morgan fingerprint density at radius 2 is 1.62 bits per heavy atom. The number of hydrogen-bond acceptors (Lipinski definition) is 1. The smallest absolute Gasteiger partial charge is 0.0540 e. The van der Waals surface area contributed by atoms with Gasteiger partial charge < -0.3 is 5.11 Å². The van der Waals surface area contributed by atoms with E-state index >= 15 is 0 Å². The van der Waals surface area contributed by atoms with E-state index in [9.17, 15) is 5.11 Å². The average Bonchev–Trinajstić information content (AvgIpc) is 2.30. The fourth-order valence-electron chi connectivity index (χ4n) is 2.77. The van der Waals surface area contributed by atoms with Crippen molar-refractivity contribution in [3.8, 4) is 0 Å². The summed E-state index contributed by atoms with van der Waals surface area (Å²) in [6.07, 6.45) is 4.70. The van der Waals surface area contributed by atoms with Gasteiger partial charge >= 0.3 is 0 Å². The summed E-state index contributed by atoms with van der Waals surface area (Å²) in [5.41, 5.74) is 2.82. The van der Waals surface area contributed by atoms with Crippen LogP contribution in [0.4, 0.5) is 0 Å². The highest BCUT2D eigenvalue weighted by Gasteiger charge is 2.24. The first-order valence-corrected chi connectivity index (χ1v) is 6.41. The van der Waals surface area contributed by atoms with Crippen LogP contribution in [0.25, 0.3) is 0 Å². The van der Waals surface area contributed by atoms with E-state index in [1.54, 1.807) is 0 Å². The summed E-state index contributed by atoms with van der Waals surface area (Å²) in [6.45, 7) is 4.06. The first-order valence-electron chi connectivity index (χ1n) is 6.41. The third kappa shape index (κ3) is 2.65. The van der Waals surface area contributed by atoms with Gasteiger partial charge in [-0.15, -0.1) is 0 Å². The molecule has 1 fully saturated rings. The van der Waals surface area contributed by atoms with Gasteiger partial charge in [-0.25, -0.2) is 0 Å². The van der Waals surface area contributed by atoms with Gasteiger partial charge in [0, 0.05) is 0 Å². The second-order valence-corrected chi connectivity index (χ2v) is 5.26. The van der Waals surface area contributed by atoms with Crippen molar-refractivity contribution in [1.82, 2.24) is 0 Å². The van der Waals surface area contributed by atoms with Crippen molar-refractivity contribution in [2.45, 2.75) is 51.6 Å². The number of aliphatic hydroxyl groups excluding tert-OH is 1. The lowest BCUT2D eigenvalue weighted by Gasteiger charge is -2.30. The maximum absolute atomic E-state index is 9.57. The van der Waals surface area contributed by atoms with Crippen LogP contribution in [0.1, 0.15) is 49.7 Å². The molecule has 1 aromatic rings. The summed E-state index contributed by atoms with van der Waals surface area (Å²) in [6, 6.07) is 8.94. The van der Waals surface area contributed by atoms with Crippen molar-refractivity contribution in [3.63, 3.8) is 0 Å². The van der Waals surface area contributed by atoms with E-state index in [0.29, 0.717) is 5.92 Å². The topological polar surface area (TPSA) is 20.2 Å². The van der Waals surface area contributed by atoms with Gasteiger partial charge in [0.05, 0.1) is 6.10 Å². The minimum Gasteiger partial charge on any atom is -0.393 e. The minimum absolute atomic E-state index is 0.126. The summed E-state index contributed by atoms with van der Waals surface area (Å²) in [5, 5.41) is 9.57. The maximum Gasteiger partial charge on any atom is 0.0540 e. The normalized spacial score (nSPS) is 27.7. The van der Waals surface area contributed by atoms with Crippen LogP contribution < -0.4 is 0 Å². The first kappa shape index (κ1) is 11.7. The SMILES string of the molecule is Cc1ccc(C2CCC(C(C)O)CC2)cc1. The standard InChI is InChI=1S/C15H22O/c1-11-3-5-14(6-4-11)15-9-7-13(8-10-15)12(2)16/h3-6,12-13,15-16H,7-10H2,1-2H3. The molecule has 16 heavy (non-hydrogen) atoms. The third-order valence-electron chi connectivity index (χ3n) is 4.00. The molecule has 1 unspecified atom stereocenters. The molecule has 0 bridgehead atoms. The Bertz CT molecular complexity index is 318. The molecule has 1 nitrogen and oxygen atoms in total. The average molecular weight is 218 g/mol. The molecule has 0 radical (unpaired) electrons. The van der Waals surface area contributed by atoms with Gasteiger partial charge in [-0.3, -0.25) is 0 Å². The van der Waals surface area contributed by atoms with Gasteiger partial charge in [0.25, 0.3) is 0 Å². The Morgan fingerprint density at radius 1 is 1.06 bits per heavy atom. The van der Waals surface area contributed by atoms with Crippen LogP contribution in [0.5, 0.6) is 0 Å². The number of aliphatic hydroxyl groups is 1. The molecule has 0 aromatic heterocycles. The summed E-state index contributed by atoms with van der Waals surface area (Å²) in [4.78, 5) is 0. The molecule has 1 atom stereocenters. The van der Waals surface area contributed by atoms with Gasteiger partial charge in [0.1, 0.15) is 0 Å². The number of benzene rings is 1. The van der Waals surface area contributed by atoms with Crippen molar-refractivity contribution in [1.29, 1.82) is 0 Å². The van der Waals surface area contributed by atoms with Crippen LogP contribution >= 0.6 is 0 Å². The predicted octanol–water partition coefficient (Wildman–Crippen LogP) is 3.65. The van der Waals surface area contributed by atoms with Gasteiger partial charge in [-0.2, -0.15) is 0 Å². The summed E-state index contributed by atoms with van der Waals surface area (Å²) >= 11 is 0. The van der Waals surface area contributed by atoms with Gasteiger partial charge in [0.15, 0.2) is 0 Å². The lowest BCUT2D eigenvalue weighted by Crippen LogP contribution is -2.22. The second-order valence-electron chi connectivity index (χ2n) is 5.26. The third-order valence-corrected chi connectivity index (χ3v) is 4.00. The molecule has 1 aliphatic rings. The van der Waals surface area contributed by atoms with Crippen LogP contribution in [-0.4, -0.2) is 11.2 Å². The minimum atomic E-state index is -0.126. The predicted molar refractivity (Wildman–Crippen MR) is 67.6 cm³/mol. The molecule has 0 spiro atoms. The number of aryl methyl sites for hydroxylation is 1. The van der Waals surface area contributed by atoms with Crippen LogP contribution in [0.2, 0.25) is 0 Å². The molecular formula is C15H22O. The van der Waals surface area contributed by atoms with E-state index < -0.39 is 0 Å². The summed E-state index contributed by atoms with van der Waals surface area (Å²) in [7, 11) is 0. The molecule has 0 amide bonds. The van der Waals surface area contributed by atoms with E-state index in [-0.39, 0.29) is 6.10 Å². The molecule has 0 heterocycles. The Kier molecular flexibility index (Phi) is 3.65. The Balaban J connectivity index is 1.96. The molecule has 0 saturated heterocycles. The van der Waals surface area contributed by atoms with Gasteiger partial charge in [0.2, 0.25) is 0 Å². The number of hydrogen-bond donors (Lipinski definition) is 1. The Hall–Kier alpha value is -0.820. The van der Waals surface area contributed by atoms with E-state index in [1.165, 1.54) is 36.8 Å². The summed E-state index contributed by atoms with van der Waals surface area (Å²) < 4.78 is 0. The Morgan fingerprint density at radius 3 is 2.12 bits per heavy atom. The fraction of sp³-hybridized carbons (Fsp3) is 0.600. The van der Waals surface area contributed by atoms with Gasteiger partial charge in [-0.05, 0) is 56.9 Å². The van der Waals surface area contributed by atoms with Crippen molar-refractivity contribution >= 4 is 0 Å². The van der Waals surface area contributed by atoms with E-state index in [2.05, 4.69) is 31.2 Å². The van der Waals surface area contributed by atoms with E-state index in [0.717, 1.165) is 5.92 Å². The fourth-order valence-corrected chi connectivity index (χ4v) is 2.77. The molecule has 2 rings (SSSR count). The van der Waals surface area contributed by atoms with Crippen molar-refractivity contribution in [2.24, 2.45) is 5.92 Å². The van der Waals surface area contributed by atoms with Crippen molar-refractivity contribution in [3.05, 3.63) is 35.4 Å². The highest BCUT2D eigenvalue weighted by molar-refractivity contribution is 5.24.